The lowest BCUT2D eigenvalue weighted by Gasteiger charge is -2.35. The molecule has 1 fully saturated rings. The molecule has 0 saturated carbocycles. The van der Waals surface area contributed by atoms with Gasteiger partial charge in [0, 0.05) is 44.0 Å². The number of unbranched alkanes of at least 4 members (excludes halogenated alkanes) is 1. The number of rotatable bonds is 5. The fraction of sp³-hybridized carbons (Fsp3) is 0.533. The molecule has 1 aromatic rings. The number of non-ortho nitro benzene ring substituents is 1. The number of ether oxygens (including phenoxy) is 1. The molecule has 0 unspecified atom stereocenters. The molecule has 1 heterocycles. The van der Waals surface area contributed by atoms with Crippen molar-refractivity contribution in [3.63, 3.8) is 0 Å². The summed E-state index contributed by atoms with van der Waals surface area (Å²) in [5.41, 5.74) is 1.02. The molecule has 1 saturated heterocycles. The number of piperazine rings is 1. The van der Waals surface area contributed by atoms with Crippen LogP contribution < -0.4 is 4.90 Å². The van der Waals surface area contributed by atoms with Gasteiger partial charge < -0.3 is 14.5 Å². The van der Waals surface area contributed by atoms with E-state index in [1.807, 2.05) is 0 Å². The van der Waals surface area contributed by atoms with Gasteiger partial charge in [0.2, 0.25) is 0 Å². The average Bonchev–Trinajstić information content (AvgIpc) is 2.55. The lowest BCUT2D eigenvalue weighted by Crippen LogP contribution is -2.49. The predicted molar refractivity (Wildman–Crippen MR) is 83.1 cm³/mol. The minimum absolute atomic E-state index is 0.0851. The number of hydrogen-bond donors (Lipinski definition) is 0. The lowest BCUT2D eigenvalue weighted by atomic mass is 10.2. The van der Waals surface area contributed by atoms with Crippen molar-refractivity contribution in [3.05, 3.63) is 34.4 Å². The Labute approximate surface area is 129 Å². The second-order valence-electron chi connectivity index (χ2n) is 5.22. The van der Waals surface area contributed by atoms with Gasteiger partial charge in [-0.05, 0) is 18.6 Å². The van der Waals surface area contributed by atoms with Crippen LogP contribution in [0, 0.1) is 10.1 Å². The number of benzene rings is 1. The molecule has 0 spiro atoms. The molecule has 2 rings (SSSR count). The van der Waals surface area contributed by atoms with Crippen LogP contribution in [0.25, 0.3) is 0 Å². The van der Waals surface area contributed by atoms with E-state index in [4.69, 9.17) is 4.74 Å². The summed E-state index contributed by atoms with van der Waals surface area (Å²) in [6.45, 7) is 5.11. The summed E-state index contributed by atoms with van der Waals surface area (Å²) >= 11 is 0. The van der Waals surface area contributed by atoms with Gasteiger partial charge in [-0.25, -0.2) is 4.79 Å². The van der Waals surface area contributed by atoms with Crippen molar-refractivity contribution in [3.8, 4) is 0 Å². The maximum absolute atomic E-state index is 11.8. The summed E-state index contributed by atoms with van der Waals surface area (Å²) in [6, 6.07) is 6.49. The number of carbonyl (C=O) groups is 1. The van der Waals surface area contributed by atoms with Crippen LogP contribution in [0.15, 0.2) is 24.3 Å². The van der Waals surface area contributed by atoms with E-state index in [9.17, 15) is 14.9 Å². The Balaban J connectivity index is 1.83. The molecule has 120 valence electrons. The Morgan fingerprint density at radius 3 is 2.41 bits per heavy atom. The van der Waals surface area contributed by atoms with Gasteiger partial charge in [0.15, 0.2) is 0 Å². The lowest BCUT2D eigenvalue weighted by molar-refractivity contribution is -0.384. The fourth-order valence-electron chi connectivity index (χ4n) is 2.33. The molecule has 1 aromatic carbocycles. The smallest absolute Gasteiger partial charge is 0.409 e. The van der Waals surface area contributed by atoms with Crippen LogP contribution in [0.4, 0.5) is 16.2 Å². The van der Waals surface area contributed by atoms with E-state index in [0.29, 0.717) is 32.8 Å². The van der Waals surface area contributed by atoms with Crippen molar-refractivity contribution in [2.75, 3.05) is 37.7 Å². The number of hydrogen-bond acceptors (Lipinski definition) is 5. The summed E-state index contributed by atoms with van der Waals surface area (Å²) in [5.74, 6) is 0. The van der Waals surface area contributed by atoms with E-state index in [-0.39, 0.29) is 11.8 Å². The summed E-state index contributed by atoms with van der Waals surface area (Å²) in [7, 11) is 0. The Hall–Kier alpha value is -2.31. The number of amides is 1. The number of anilines is 1. The average molecular weight is 307 g/mol. The van der Waals surface area contributed by atoms with Gasteiger partial charge in [0.05, 0.1) is 11.5 Å². The van der Waals surface area contributed by atoms with Gasteiger partial charge in [0.1, 0.15) is 0 Å². The maximum atomic E-state index is 11.8. The number of nitrogens with zero attached hydrogens (tertiary/aromatic N) is 3. The topological polar surface area (TPSA) is 75.9 Å². The second kappa shape index (κ2) is 7.63. The van der Waals surface area contributed by atoms with Crippen LogP contribution in [0.2, 0.25) is 0 Å². The standard InChI is InChI=1S/C15H21N3O4/c1-2-3-12-22-15(19)17-10-8-16(9-11-17)13-4-6-14(7-5-13)18(20)21/h4-7H,2-3,8-12H2,1H3. The molecule has 0 aliphatic carbocycles. The number of nitro benzene ring substituents is 1. The van der Waals surface area contributed by atoms with Crippen molar-refractivity contribution >= 4 is 17.5 Å². The van der Waals surface area contributed by atoms with Crippen LogP contribution in [-0.2, 0) is 4.74 Å². The largest absolute Gasteiger partial charge is 0.449 e. The zero-order valence-electron chi connectivity index (χ0n) is 12.7. The van der Waals surface area contributed by atoms with Gasteiger partial charge >= 0.3 is 6.09 Å². The Kier molecular flexibility index (Phi) is 5.57. The van der Waals surface area contributed by atoms with Crippen LogP contribution in [0.1, 0.15) is 19.8 Å². The van der Waals surface area contributed by atoms with E-state index >= 15 is 0 Å². The van der Waals surface area contributed by atoms with Crippen LogP contribution >= 0.6 is 0 Å². The monoisotopic (exact) mass is 307 g/mol. The van der Waals surface area contributed by atoms with Gasteiger partial charge in [-0.1, -0.05) is 13.3 Å². The molecule has 0 N–H and O–H groups in total. The minimum Gasteiger partial charge on any atom is -0.449 e. The summed E-state index contributed by atoms with van der Waals surface area (Å²) in [6.07, 6.45) is 1.63. The highest BCUT2D eigenvalue weighted by Crippen LogP contribution is 2.20. The first-order chi connectivity index (χ1) is 10.6. The van der Waals surface area contributed by atoms with Gasteiger partial charge in [-0.3, -0.25) is 10.1 Å². The summed E-state index contributed by atoms with van der Waals surface area (Å²) in [5, 5.41) is 10.6. The molecule has 1 aliphatic rings. The Morgan fingerprint density at radius 2 is 1.86 bits per heavy atom. The molecule has 0 aromatic heterocycles. The van der Waals surface area contributed by atoms with Gasteiger partial charge in [0.25, 0.3) is 5.69 Å². The molecule has 22 heavy (non-hydrogen) atoms. The van der Waals surface area contributed by atoms with Crippen molar-refractivity contribution in [1.82, 2.24) is 4.90 Å². The second-order valence-corrected chi connectivity index (χ2v) is 5.22. The van der Waals surface area contributed by atoms with Crippen molar-refractivity contribution in [2.24, 2.45) is 0 Å². The SMILES string of the molecule is CCCCOC(=O)N1CCN(c2ccc([N+](=O)[O-])cc2)CC1. The molecule has 7 nitrogen and oxygen atoms in total. The van der Waals surface area contributed by atoms with Gasteiger partial charge in [-0.15, -0.1) is 0 Å². The molecule has 0 radical (unpaired) electrons. The zero-order chi connectivity index (χ0) is 15.9. The molecule has 7 heteroatoms. The van der Waals surface area contributed by atoms with E-state index in [2.05, 4.69) is 11.8 Å². The van der Waals surface area contributed by atoms with Crippen LogP contribution in [-0.4, -0.2) is 48.7 Å². The highest BCUT2D eigenvalue weighted by molar-refractivity contribution is 5.68. The predicted octanol–water partition coefficient (Wildman–Crippen LogP) is 2.65. The molecule has 0 atom stereocenters. The van der Waals surface area contributed by atoms with Crippen molar-refractivity contribution in [1.29, 1.82) is 0 Å². The molecule has 0 bridgehead atoms. The molecular formula is C15H21N3O4. The van der Waals surface area contributed by atoms with E-state index < -0.39 is 4.92 Å². The maximum Gasteiger partial charge on any atom is 0.409 e. The highest BCUT2D eigenvalue weighted by Gasteiger charge is 2.22. The first-order valence-corrected chi connectivity index (χ1v) is 7.53. The van der Waals surface area contributed by atoms with Crippen LogP contribution in [0.3, 0.4) is 0 Å². The summed E-state index contributed by atoms with van der Waals surface area (Å²) < 4.78 is 5.20. The minimum atomic E-state index is -0.409. The highest BCUT2D eigenvalue weighted by atomic mass is 16.6. The number of carbonyl (C=O) groups excluding carboxylic acids is 1. The van der Waals surface area contributed by atoms with Crippen molar-refractivity contribution < 1.29 is 14.5 Å². The fourth-order valence-corrected chi connectivity index (χ4v) is 2.33. The molecule has 1 aliphatic heterocycles. The molecule has 1 amide bonds. The first-order valence-electron chi connectivity index (χ1n) is 7.53. The normalized spacial score (nSPS) is 14.8. The third-order valence-corrected chi connectivity index (χ3v) is 3.69. The third kappa shape index (κ3) is 4.09. The number of nitro groups is 1. The van der Waals surface area contributed by atoms with E-state index in [0.717, 1.165) is 18.5 Å². The third-order valence-electron chi connectivity index (χ3n) is 3.69. The van der Waals surface area contributed by atoms with Gasteiger partial charge in [-0.2, -0.15) is 0 Å². The Bertz CT molecular complexity index is 510. The molecular weight excluding hydrogens is 286 g/mol. The van der Waals surface area contributed by atoms with Crippen LogP contribution in [0.5, 0.6) is 0 Å². The Morgan fingerprint density at radius 1 is 1.23 bits per heavy atom. The van der Waals surface area contributed by atoms with E-state index in [1.165, 1.54) is 12.1 Å². The van der Waals surface area contributed by atoms with Crippen molar-refractivity contribution in [2.45, 2.75) is 19.8 Å². The first kappa shape index (κ1) is 16.1. The quantitative estimate of drug-likeness (QED) is 0.475. The van der Waals surface area contributed by atoms with E-state index in [1.54, 1.807) is 17.0 Å². The zero-order valence-corrected chi connectivity index (χ0v) is 12.7. The summed E-state index contributed by atoms with van der Waals surface area (Å²) in [4.78, 5) is 25.9.